The Morgan fingerprint density at radius 2 is 1.76 bits per heavy atom. The van der Waals surface area contributed by atoms with Crippen molar-refractivity contribution in [1.29, 1.82) is 0 Å². The van der Waals surface area contributed by atoms with E-state index < -0.39 is 23.2 Å². The van der Waals surface area contributed by atoms with E-state index in [0.29, 0.717) is 17.4 Å². The number of thiophene rings is 1. The highest BCUT2D eigenvalue weighted by molar-refractivity contribution is 7.25. The molecule has 2 aromatic carbocycles. The van der Waals surface area contributed by atoms with Crippen LogP contribution in [0.15, 0.2) is 24.3 Å². The minimum atomic E-state index is -1.35. The van der Waals surface area contributed by atoms with Gasteiger partial charge in [0.2, 0.25) is 0 Å². The fourth-order valence-corrected chi connectivity index (χ4v) is 3.42. The van der Waals surface area contributed by atoms with Crippen LogP contribution in [0.1, 0.15) is 17.3 Å². The molecule has 0 spiro atoms. The minimum Gasteiger partial charge on any atom is -0.491 e. The Hall–Kier alpha value is -2.21. The summed E-state index contributed by atoms with van der Waals surface area (Å²) in [5.74, 6) is -2.62. The van der Waals surface area contributed by atoms with Crippen molar-refractivity contribution in [1.82, 2.24) is 0 Å². The van der Waals surface area contributed by atoms with Crippen LogP contribution in [0, 0.1) is 11.6 Å². The Morgan fingerprint density at radius 1 is 1.14 bits per heavy atom. The summed E-state index contributed by atoms with van der Waals surface area (Å²) in [7, 11) is 0. The van der Waals surface area contributed by atoms with E-state index in [4.69, 9.17) is 9.84 Å². The van der Waals surface area contributed by atoms with Crippen molar-refractivity contribution in [2.24, 2.45) is 0 Å². The lowest BCUT2D eigenvalue weighted by Crippen LogP contribution is -1.99. The number of ether oxygens (including phenoxy) is 1. The van der Waals surface area contributed by atoms with Crippen LogP contribution in [0.5, 0.6) is 5.75 Å². The summed E-state index contributed by atoms with van der Waals surface area (Å²) in [6.45, 7) is 2.07. The van der Waals surface area contributed by atoms with E-state index >= 15 is 0 Å². The van der Waals surface area contributed by atoms with Crippen LogP contribution in [0.25, 0.3) is 20.2 Å². The summed E-state index contributed by atoms with van der Waals surface area (Å²) in [6.07, 6.45) is 0. The van der Waals surface area contributed by atoms with Crippen molar-refractivity contribution < 1.29 is 23.4 Å². The zero-order valence-electron chi connectivity index (χ0n) is 10.9. The maximum Gasteiger partial charge on any atom is 0.338 e. The smallest absolute Gasteiger partial charge is 0.338 e. The highest BCUT2D eigenvalue weighted by atomic mass is 32.1. The molecule has 1 heterocycles. The number of carboxylic acid groups (broad SMARTS) is 1. The van der Waals surface area contributed by atoms with Crippen LogP contribution in [0.4, 0.5) is 8.78 Å². The van der Waals surface area contributed by atoms with Crippen LogP contribution in [-0.4, -0.2) is 17.7 Å². The van der Waals surface area contributed by atoms with Crippen LogP contribution in [-0.2, 0) is 0 Å². The summed E-state index contributed by atoms with van der Waals surface area (Å²) in [6, 6.07) is 5.85. The molecule has 0 atom stereocenters. The summed E-state index contributed by atoms with van der Waals surface area (Å²) < 4.78 is 34.1. The average molecular weight is 308 g/mol. The third kappa shape index (κ3) is 2.03. The Balaban J connectivity index is 2.36. The molecule has 0 aliphatic heterocycles. The van der Waals surface area contributed by atoms with E-state index in [-0.39, 0.29) is 15.1 Å². The molecule has 0 aliphatic rings. The van der Waals surface area contributed by atoms with Gasteiger partial charge in [0.15, 0.2) is 17.4 Å². The second-order valence-corrected chi connectivity index (χ2v) is 5.42. The van der Waals surface area contributed by atoms with Gasteiger partial charge in [-0.05, 0) is 25.1 Å². The molecular weight excluding hydrogens is 298 g/mol. The van der Waals surface area contributed by atoms with Gasteiger partial charge in [-0.25, -0.2) is 13.6 Å². The van der Waals surface area contributed by atoms with Crippen LogP contribution in [0.3, 0.4) is 0 Å². The molecular formula is C15H10F2O3S. The van der Waals surface area contributed by atoms with Gasteiger partial charge in [0.25, 0.3) is 0 Å². The zero-order chi connectivity index (χ0) is 15.1. The fraction of sp³-hybridized carbons (Fsp3) is 0.133. The lowest BCUT2D eigenvalue weighted by Gasteiger charge is -2.04. The summed E-state index contributed by atoms with van der Waals surface area (Å²) in [5.41, 5.74) is -0.417. The molecule has 1 N–H and O–H groups in total. The molecule has 0 saturated heterocycles. The zero-order valence-corrected chi connectivity index (χ0v) is 11.8. The van der Waals surface area contributed by atoms with Gasteiger partial charge in [0, 0.05) is 10.8 Å². The van der Waals surface area contributed by atoms with Crippen LogP contribution < -0.4 is 4.74 Å². The number of carboxylic acids is 1. The number of halogens is 2. The van der Waals surface area contributed by atoms with E-state index in [2.05, 4.69) is 0 Å². The quantitative estimate of drug-likeness (QED) is 0.778. The molecule has 0 saturated carbocycles. The van der Waals surface area contributed by atoms with Crippen molar-refractivity contribution in [3.05, 3.63) is 41.5 Å². The summed E-state index contributed by atoms with van der Waals surface area (Å²) in [5, 5.41) is 9.99. The maximum atomic E-state index is 14.3. The Labute approximate surface area is 122 Å². The second kappa shape index (κ2) is 4.96. The third-order valence-electron chi connectivity index (χ3n) is 3.18. The lowest BCUT2D eigenvalue weighted by atomic mass is 10.1. The fourth-order valence-electron chi connectivity index (χ4n) is 2.25. The Morgan fingerprint density at radius 3 is 2.38 bits per heavy atom. The topological polar surface area (TPSA) is 46.5 Å². The largest absolute Gasteiger partial charge is 0.491 e. The van der Waals surface area contributed by atoms with Gasteiger partial charge in [-0.15, -0.1) is 11.3 Å². The first kappa shape index (κ1) is 13.8. The average Bonchev–Trinajstić information content (AvgIpc) is 2.83. The number of hydrogen-bond acceptors (Lipinski definition) is 3. The number of hydrogen-bond donors (Lipinski definition) is 1. The van der Waals surface area contributed by atoms with E-state index in [1.54, 1.807) is 13.0 Å². The third-order valence-corrected chi connectivity index (χ3v) is 4.39. The highest BCUT2D eigenvalue weighted by Gasteiger charge is 2.19. The molecule has 0 radical (unpaired) electrons. The van der Waals surface area contributed by atoms with E-state index in [0.717, 1.165) is 11.3 Å². The van der Waals surface area contributed by atoms with Crippen LogP contribution >= 0.6 is 11.3 Å². The van der Waals surface area contributed by atoms with Gasteiger partial charge in [-0.2, -0.15) is 0 Å². The first-order chi connectivity index (χ1) is 10.0. The van der Waals surface area contributed by atoms with Crippen molar-refractivity contribution in [3.8, 4) is 5.75 Å². The van der Waals surface area contributed by atoms with Gasteiger partial charge in [-0.3, -0.25) is 0 Å². The monoisotopic (exact) mass is 308 g/mol. The van der Waals surface area contributed by atoms with Gasteiger partial charge in [0.05, 0.1) is 21.6 Å². The number of rotatable bonds is 3. The summed E-state index contributed by atoms with van der Waals surface area (Å²) in [4.78, 5) is 11.0. The molecule has 1 aromatic heterocycles. The normalized spacial score (nSPS) is 11.2. The van der Waals surface area contributed by atoms with Gasteiger partial charge in [-0.1, -0.05) is 6.07 Å². The first-order valence-electron chi connectivity index (χ1n) is 6.24. The number of fused-ring (bicyclic) bond motifs is 3. The van der Waals surface area contributed by atoms with Gasteiger partial charge < -0.3 is 9.84 Å². The van der Waals surface area contributed by atoms with Crippen molar-refractivity contribution >= 4 is 37.5 Å². The van der Waals surface area contributed by atoms with E-state index in [1.807, 2.05) is 0 Å². The Kier molecular flexibility index (Phi) is 3.25. The molecule has 0 amide bonds. The molecule has 3 nitrogen and oxygen atoms in total. The van der Waals surface area contributed by atoms with E-state index in [1.165, 1.54) is 18.2 Å². The minimum absolute atomic E-state index is 0.107. The molecule has 3 aromatic rings. The van der Waals surface area contributed by atoms with Gasteiger partial charge >= 0.3 is 5.97 Å². The second-order valence-electron chi connectivity index (χ2n) is 4.40. The predicted molar refractivity (Wildman–Crippen MR) is 77.4 cm³/mol. The van der Waals surface area contributed by atoms with Crippen molar-refractivity contribution in [3.63, 3.8) is 0 Å². The first-order valence-corrected chi connectivity index (χ1v) is 7.05. The SMILES string of the molecule is CCOc1ccc2c(sc3c(F)c(C(=O)O)ccc32)c1F. The van der Waals surface area contributed by atoms with Gasteiger partial charge in [0.1, 0.15) is 0 Å². The number of aromatic carboxylic acids is 1. The van der Waals surface area contributed by atoms with Crippen molar-refractivity contribution in [2.75, 3.05) is 6.61 Å². The molecule has 6 heteroatoms. The molecule has 0 fully saturated rings. The number of carbonyl (C=O) groups is 1. The Bertz CT molecular complexity index is 870. The molecule has 3 rings (SSSR count). The molecule has 0 unspecified atom stereocenters. The van der Waals surface area contributed by atoms with Crippen molar-refractivity contribution in [2.45, 2.75) is 6.92 Å². The molecule has 108 valence electrons. The van der Waals surface area contributed by atoms with Crippen LogP contribution in [0.2, 0.25) is 0 Å². The molecule has 0 bridgehead atoms. The highest BCUT2D eigenvalue weighted by Crippen LogP contribution is 2.40. The number of benzene rings is 2. The standard InChI is InChI=1S/C15H10F2O3S/c1-2-20-10-6-5-8-7-3-4-9(15(18)19)11(16)13(7)21-14(8)12(10)17/h3-6H,2H2,1H3,(H,18,19). The predicted octanol–water partition coefficient (Wildman–Crippen LogP) is 4.43. The summed E-state index contributed by atoms with van der Waals surface area (Å²) >= 11 is 0.893. The maximum absolute atomic E-state index is 14.3. The van der Waals surface area contributed by atoms with E-state index in [9.17, 15) is 13.6 Å². The molecule has 0 aliphatic carbocycles. The lowest BCUT2D eigenvalue weighted by molar-refractivity contribution is 0.0692. The molecule has 21 heavy (non-hydrogen) atoms.